The number of halogens is 1. The van der Waals surface area contributed by atoms with Crippen LogP contribution >= 0.6 is 15.9 Å². The maximum atomic E-state index is 13.3. The van der Waals surface area contributed by atoms with Crippen molar-refractivity contribution in [3.8, 4) is 11.4 Å². The molecular formula is C24H24BrN5O2. The molecule has 1 amide bonds. The van der Waals surface area contributed by atoms with Crippen LogP contribution in [0.2, 0.25) is 0 Å². The number of aromatic nitrogens is 3. The zero-order valence-corrected chi connectivity index (χ0v) is 19.7. The van der Waals surface area contributed by atoms with Crippen LogP contribution in [-0.2, 0) is 13.6 Å². The van der Waals surface area contributed by atoms with E-state index in [0.29, 0.717) is 37.0 Å². The molecule has 1 aliphatic heterocycles. The molecule has 2 aromatic carbocycles. The molecular weight excluding hydrogens is 470 g/mol. The van der Waals surface area contributed by atoms with Gasteiger partial charge in [0, 0.05) is 49.7 Å². The fourth-order valence-electron chi connectivity index (χ4n) is 4.17. The molecule has 4 aromatic rings. The Morgan fingerprint density at radius 3 is 2.50 bits per heavy atom. The van der Waals surface area contributed by atoms with Crippen molar-refractivity contribution in [1.29, 1.82) is 0 Å². The van der Waals surface area contributed by atoms with Gasteiger partial charge in [0.1, 0.15) is 5.69 Å². The lowest BCUT2D eigenvalue weighted by Gasteiger charge is -2.34. The smallest absolute Gasteiger partial charge is 0.271 e. The highest BCUT2D eigenvalue weighted by molar-refractivity contribution is 9.10. The van der Waals surface area contributed by atoms with Crippen LogP contribution in [0.1, 0.15) is 21.9 Å². The lowest BCUT2D eigenvalue weighted by atomic mass is 10.1. The minimum absolute atomic E-state index is 0.0506. The number of hydrogen-bond acceptors (Lipinski definition) is 5. The molecule has 1 aliphatic rings. The first-order valence-corrected chi connectivity index (χ1v) is 11.4. The van der Waals surface area contributed by atoms with Crippen molar-refractivity contribution in [2.24, 2.45) is 7.05 Å². The number of amides is 1. The Morgan fingerprint density at radius 1 is 1.06 bits per heavy atom. The van der Waals surface area contributed by atoms with Gasteiger partial charge in [0.15, 0.2) is 0 Å². The van der Waals surface area contributed by atoms with Gasteiger partial charge in [-0.15, -0.1) is 0 Å². The third-order valence-corrected chi connectivity index (χ3v) is 6.85. The Labute approximate surface area is 194 Å². The van der Waals surface area contributed by atoms with E-state index in [1.807, 2.05) is 65.0 Å². The van der Waals surface area contributed by atoms with Crippen LogP contribution in [0, 0.1) is 6.92 Å². The molecule has 0 bridgehead atoms. The number of carbonyl (C=O) groups excluding carboxylic acids is 1. The van der Waals surface area contributed by atoms with Gasteiger partial charge in [0.05, 0.1) is 11.0 Å². The van der Waals surface area contributed by atoms with Crippen LogP contribution in [-0.4, -0.2) is 56.6 Å². The van der Waals surface area contributed by atoms with Crippen LogP contribution in [0.3, 0.4) is 0 Å². The fraction of sp³-hybridized carbons (Fsp3) is 0.292. The number of fused-ring (bicyclic) bond motifs is 1. The minimum atomic E-state index is 0.0506. The van der Waals surface area contributed by atoms with Gasteiger partial charge in [-0.1, -0.05) is 53.2 Å². The Balaban J connectivity index is 1.23. The van der Waals surface area contributed by atoms with E-state index < -0.39 is 0 Å². The largest absolute Gasteiger partial charge is 0.339 e. The average Bonchev–Trinajstić information content (AvgIpc) is 3.37. The van der Waals surface area contributed by atoms with Crippen LogP contribution in [0.5, 0.6) is 0 Å². The van der Waals surface area contributed by atoms with Crippen LogP contribution in [0.4, 0.5) is 0 Å². The van der Waals surface area contributed by atoms with Crippen molar-refractivity contribution in [2.45, 2.75) is 13.5 Å². The number of nitrogens with zero attached hydrogens (tertiary/aromatic N) is 5. The lowest BCUT2D eigenvalue weighted by Crippen LogP contribution is -2.48. The summed E-state index contributed by atoms with van der Waals surface area (Å²) in [5.41, 5.74) is 3.88. The number of rotatable bonds is 4. The normalized spacial score (nSPS) is 14.9. The maximum Gasteiger partial charge on any atom is 0.271 e. The number of piperazine rings is 1. The molecule has 0 N–H and O–H groups in total. The number of aryl methyl sites for hydroxylation is 2. The Kier molecular flexibility index (Phi) is 5.57. The third kappa shape index (κ3) is 3.84. The van der Waals surface area contributed by atoms with Crippen LogP contribution in [0.15, 0.2) is 57.5 Å². The quantitative estimate of drug-likeness (QED) is 0.424. The third-order valence-electron chi connectivity index (χ3n) is 6.04. The van der Waals surface area contributed by atoms with Crippen LogP contribution < -0.4 is 0 Å². The molecule has 7 nitrogen and oxygen atoms in total. The Bertz CT molecular complexity index is 1230. The summed E-state index contributed by atoms with van der Waals surface area (Å²) in [7, 11) is 1.94. The second-order valence-corrected chi connectivity index (χ2v) is 8.98. The molecule has 3 heterocycles. The van der Waals surface area contributed by atoms with E-state index in [1.54, 1.807) is 0 Å². The zero-order chi connectivity index (χ0) is 22.2. The van der Waals surface area contributed by atoms with E-state index in [-0.39, 0.29) is 5.91 Å². The molecule has 0 unspecified atom stereocenters. The van der Waals surface area contributed by atoms with E-state index in [0.717, 1.165) is 34.0 Å². The first-order chi connectivity index (χ1) is 15.5. The Hall–Kier alpha value is -2.97. The molecule has 0 atom stereocenters. The molecule has 32 heavy (non-hydrogen) atoms. The van der Waals surface area contributed by atoms with E-state index in [1.165, 1.54) is 5.56 Å². The van der Waals surface area contributed by atoms with Crippen molar-refractivity contribution in [3.63, 3.8) is 0 Å². The summed E-state index contributed by atoms with van der Waals surface area (Å²) in [6, 6.07) is 16.1. The van der Waals surface area contributed by atoms with E-state index in [4.69, 9.17) is 4.52 Å². The molecule has 1 fully saturated rings. The maximum absolute atomic E-state index is 13.3. The van der Waals surface area contributed by atoms with Gasteiger partial charge >= 0.3 is 0 Å². The predicted molar refractivity (Wildman–Crippen MR) is 126 cm³/mol. The fourth-order valence-corrected chi connectivity index (χ4v) is 4.94. The Morgan fingerprint density at radius 2 is 1.78 bits per heavy atom. The number of carbonyl (C=O) groups is 1. The van der Waals surface area contributed by atoms with E-state index in [2.05, 4.69) is 37.9 Å². The van der Waals surface area contributed by atoms with Crippen molar-refractivity contribution in [1.82, 2.24) is 24.5 Å². The highest BCUT2D eigenvalue weighted by Gasteiger charge is 2.27. The highest BCUT2D eigenvalue weighted by atomic mass is 79.9. The average molecular weight is 494 g/mol. The van der Waals surface area contributed by atoms with Gasteiger partial charge in [-0.2, -0.15) is 4.98 Å². The minimum Gasteiger partial charge on any atom is -0.339 e. The predicted octanol–water partition coefficient (Wildman–Crippen LogP) is 4.26. The van der Waals surface area contributed by atoms with Crippen molar-refractivity contribution >= 4 is 32.7 Å². The van der Waals surface area contributed by atoms with Gasteiger partial charge < -0.3 is 14.0 Å². The number of para-hydroxylation sites is 1. The topological polar surface area (TPSA) is 67.4 Å². The van der Waals surface area contributed by atoms with Crippen molar-refractivity contribution in [2.75, 3.05) is 26.2 Å². The monoisotopic (exact) mass is 493 g/mol. The standard InChI is InChI=1S/C24H24BrN5O2/c1-16-7-9-17(10-8-16)23-26-20(32-27-23)15-29-11-13-30(14-12-29)24(31)22-21(25)18-5-3-4-6-19(18)28(22)2/h3-10H,11-15H2,1-2H3. The summed E-state index contributed by atoms with van der Waals surface area (Å²) in [5.74, 6) is 1.25. The summed E-state index contributed by atoms with van der Waals surface area (Å²) in [6.07, 6.45) is 0. The molecule has 1 saturated heterocycles. The van der Waals surface area contributed by atoms with Crippen molar-refractivity contribution < 1.29 is 9.32 Å². The van der Waals surface area contributed by atoms with Crippen LogP contribution in [0.25, 0.3) is 22.3 Å². The van der Waals surface area contributed by atoms with Gasteiger partial charge in [0.25, 0.3) is 5.91 Å². The first kappa shape index (κ1) is 20.9. The molecule has 8 heteroatoms. The summed E-state index contributed by atoms with van der Waals surface area (Å²) in [4.78, 5) is 22.0. The van der Waals surface area contributed by atoms with E-state index >= 15 is 0 Å². The van der Waals surface area contributed by atoms with E-state index in [9.17, 15) is 4.79 Å². The molecule has 0 spiro atoms. The summed E-state index contributed by atoms with van der Waals surface area (Å²) >= 11 is 3.65. The molecule has 0 radical (unpaired) electrons. The molecule has 2 aromatic heterocycles. The second kappa shape index (κ2) is 8.52. The highest BCUT2D eigenvalue weighted by Crippen LogP contribution is 2.31. The molecule has 0 saturated carbocycles. The molecule has 164 valence electrons. The lowest BCUT2D eigenvalue weighted by molar-refractivity contribution is 0.0605. The van der Waals surface area contributed by atoms with Gasteiger partial charge in [-0.25, -0.2) is 0 Å². The molecule has 5 rings (SSSR count). The second-order valence-electron chi connectivity index (χ2n) is 8.18. The van der Waals surface area contributed by atoms with Gasteiger partial charge in [0.2, 0.25) is 11.7 Å². The SMILES string of the molecule is Cc1ccc(-c2noc(CN3CCN(C(=O)c4c(Br)c5ccccc5n4C)CC3)n2)cc1. The molecule has 0 aliphatic carbocycles. The zero-order valence-electron chi connectivity index (χ0n) is 18.1. The van der Waals surface area contributed by atoms with Gasteiger partial charge in [-0.05, 0) is 28.9 Å². The van der Waals surface area contributed by atoms with Crippen molar-refractivity contribution in [3.05, 3.63) is 70.2 Å². The first-order valence-electron chi connectivity index (χ1n) is 10.7. The summed E-state index contributed by atoms with van der Waals surface area (Å²) in [5, 5.41) is 5.17. The van der Waals surface area contributed by atoms with Gasteiger partial charge in [-0.3, -0.25) is 9.69 Å². The summed E-state index contributed by atoms with van der Waals surface area (Å²) in [6.45, 7) is 5.47. The number of benzene rings is 2. The summed E-state index contributed by atoms with van der Waals surface area (Å²) < 4.78 is 8.30. The number of hydrogen-bond donors (Lipinski definition) is 0.